The maximum atomic E-state index is 10.7. The lowest BCUT2D eigenvalue weighted by molar-refractivity contribution is 0.0508. The number of amidine groups is 1. The van der Waals surface area contributed by atoms with Crippen molar-refractivity contribution >= 4 is 11.5 Å². The van der Waals surface area contributed by atoms with Gasteiger partial charge < -0.3 is 20.3 Å². The molecular weight excluding hydrogens is 326 g/mol. The molecule has 0 radical (unpaired) electrons. The van der Waals surface area contributed by atoms with Gasteiger partial charge in [-0.2, -0.15) is 10.4 Å². The largest absolute Gasteiger partial charge is 0.373 e. The second-order valence-electron chi connectivity index (χ2n) is 6.52. The van der Waals surface area contributed by atoms with Gasteiger partial charge in [-0.25, -0.2) is 0 Å². The second-order valence-corrected chi connectivity index (χ2v) is 6.52. The summed E-state index contributed by atoms with van der Waals surface area (Å²) in [5, 5.41) is 24.4. The highest BCUT2D eigenvalue weighted by atomic mass is 16.3. The third kappa shape index (κ3) is 4.87. The molecule has 138 valence electrons. The highest BCUT2D eigenvalue weighted by Crippen LogP contribution is 2.23. The number of rotatable bonds is 6. The molecule has 2 N–H and O–H groups in total. The Bertz CT molecular complexity index is 747. The summed E-state index contributed by atoms with van der Waals surface area (Å²) in [6.07, 6.45) is 1.87. The van der Waals surface area contributed by atoms with E-state index in [2.05, 4.69) is 28.1 Å². The number of hydrogen-bond acceptors (Lipinski definition) is 5. The molecule has 0 amide bonds. The number of nitrogens with zero attached hydrogens (tertiary/aromatic N) is 4. The lowest BCUT2D eigenvalue weighted by atomic mass is 10.1. The quantitative estimate of drug-likeness (QED) is 0.607. The molecule has 0 bridgehead atoms. The third-order valence-corrected chi connectivity index (χ3v) is 4.24. The summed E-state index contributed by atoms with van der Waals surface area (Å²) < 4.78 is 0. The van der Waals surface area contributed by atoms with Gasteiger partial charge in [-0.1, -0.05) is 35.9 Å². The second kappa shape index (κ2) is 9.07. The van der Waals surface area contributed by atoms with Crippen molar-refractivity contribution in [3.8, 4) is 6.07 Å². The average molecular weight is 353 g/mol. The number of aliphatic hydroxyl groups is 1. The smallest absolute Gasteiger partial charge is 0.146 e. The Morgan fingerprint density at radius 3 is 2.81 bits per heavy atom. The summed E-state index contributed by atoms with van der Waals surface area (Å²) in [4.78, 5) is 4.03. The number of nitrogens with one attached hydrogen (secondary N) is 1. The van der Waals surface area contributed by atoms with Crippen LogP contribution < -0.4 is 10.3 Å². The van der Waals surface area contributed by atoms with Crippen LogP contribution in [0.3, 0.4) is 0 Å². The van der Waals surface area contributed by atoms with Crippen LogP contribution in [0.15, 0.2) is 53.2 Å². The van der Waals surface area contributed by atoms with Gasteiger partial charge in [0.2, 0.25) is 0 Å². The van der Waals surface area contributed by atoms with Crippen LogP contribution in [0.5, 0.6) is 0 Å². The van der Waals surface area contributed by atoms with E-state index in [1.54, 1.807) is 7.05 Å². The van der Waals surface area contributed by atoms with Crippen molar-refractivity contribution in [2.75, 3.05) is 31.6 Å². The molecule has 1 aliphatic heterocycles. The maximum Gasteiger partial charge on any atom is 0.146 e. The zero-order chi connectivity index (χ0) is 19.1. The zero-order valence-electron chi connectivity index (χ0n) is 15.7. The highest BCUT2D eigenvalue weighted by Gasteiger charge is 2.28. The first-order chi connectivity index (χ1) is 12.5. The minimum Gasteiger partial charge on any atom is -0.373 e. The first kappa shape index (κ1) is 19.5. The van der Waals surface area contributed by atoms with Gasteiger partial charge in [0.15, 0.2) is 0 Å². The molecule has 1 aromatic carbocycles. The van der Waals surface area contributed by atoms with E-state index in [0.29, 0.717) is 31.6 Å². The van der Waals surface area contributed by atoms with Gasteiger partial charge in [0, 0.05) is 26.6 Å². The maximum absolute atomic E-state index is 10.7. The first-order valence-electron chi connectivity index (χ1n) is 8.71. The molecule has 1 fully saturated rings. The van der Waals surface area contributed by atoms with Crippen molar-refractivity contribution in [3.63, 3.8) is 0 Å². The summed E-state index contributed by atoms with van der Waals surface area (Å²) in [7, 11) is 1.74. The summed E-state index contributed by atoms with van der Waals surface area (Å²) in [5.74, 6) is 0.752. The van der Waals surface area contributed by atoms with Crippen LogP contribution >= 0.6 is 0 Å². The molecule has 0 aromatic heterocycles. The number of aliphatic hydroxyl groups excluding tert-OH is 1. The molecule has 2 rings (SSSR count). The molecule has 0 spiro atoms. The van der Waals surface area contributed by atoms with Crippen molar-refractivity contribution in [2.45, 2.75) is 26.5 Å². The molecule has 1 aliphatic rings. The van der Waals surface area contributed by atoms with E-state index in [0.717, 1.165) is 22.7 Å². The lowest BCUT2D eigenvalue weighted by Crippen LogP contribution is -2.55. The van der Waals surface area contributed by atoms with Gasteiger partial charge in [-0.3, -0.25) is 0 Å². The minimum atomic E-state index is -0.647. The number of benzene rings is 1. The molecule has 1 aromatic rings. The van der Waals surface area contributed by atoms with Crippen molar-refractivity contribution in [3.05, 3.63) is 53.6 Å². The Balaban J connectivity index is 2.17. The Kier molecular flexibility index (Phi) is 6.81. The number of piperazine rings is 1. The lowest BCUT2D eigenvalue weighted by Gasteiger charge is -2.40. The molecule has 1 saturated heterocycles. The zero-order valence-corrected chi connectivity index (χ0v) is 15.7. The molecule has 26 heavy (non-hydrogen) atoms. The van der Waals surface area contributed by atoms with Crippen LogP contribution in [-0.2, 0) is 0 Å². The standard InChI is InChI=1S/C20H27N5O/c1-15(2)11-16(3)12-20(26)25-10-9-24(14-19(25)23-22-4)18-8-6-5-7-17(18)13-21/h5-8,11,20,22,26H,1,9-10,12,14H2,2-4H3/b16-11-,23-19-. The van der Waals surface area contributed by atoms with Gasteiger partial charge in [-0.15, -0.1) is 0 Å². The normalized spacial score (nSPS) is 17.8. The number of allylic oxidation sites excluding steroid dienone is 2. The molecule has 6 heteroatoms. The summed E-state index contributed by atoms with van der Waals surface area (Å²) in [6.45, 7) is 9.68. The first-order valence-corrected chi connectivity index (χ1v) is 8.71. The van der Waals surface area contributed by atoms with E-state index in [1.165, 1.54) is 0 Å². The summed E-state index contributed by atoms with van der Waals surface area (Å²) in [5.41, 5.74) is 6.41. The predicted octanol–water partition coefficient (Wildman–Crippen LogP) is 2.44. The fraction of sp³-hybridized carbons (Fsp3) is 0.400. The van der Waals surface area contributed by atoms with Gasteiger partial charge in [0.25, 0.3) is 0 Å². The van der Waals surface area contributed by atoms with E-state index in [1.807, 2.05) is 49.1 Å². The molecule has 1 unspecified atom stereocenters. The highest BCUT2D eigenvalue weighted by molar-refractivity contribution is 5.88. The SMILES string of the molecule is C=C(C)/C=C(/C)CC(O)N1CCN(c2ccccc2C#N)C/C1=N/NC. The number of anilines is 1. The molecular formula is C20H27N5O. The Hall–Kier alpha value is -2.78. The van der Waals surface area contributed by atoms with Crippen LogP contribution in [0, 0.1) is 11.3 Å². The van der Waals surface area contributed by atoms with Crippen molar-refractivity contribution in [1.29, 1.82) is 5.26 Å². The number of hydrogen-bond donors (Lipinski definition) is 2. The van der Waals surface area contributed by atoms with Crippen LogP contribution in [0.4, 0.5) is 5.69 Å². The Labute approximate surface area is 155 Å². The van der Waals surface area contributed by atoms with Gasteiger partial charge >= 0.3 is 0 Å². The number of hydrazone groups is 1. The topological polar surface area (TPSA) is 74.9 Å². The van der Waals surface area contributed by atoms with Crippen LogP contribution in [0.1, 0.15) is 25.8 Å². The Morgan fingerprint density at radius 2 is 2.15 bits per heavy atom. The van der Waals surface area contributed by atoms with E-state index >= 15 is 0 Å². The van der Waals surface area contributed by atoms with Crippen molar-refractivity contribution in [1.82, 2.24) is 10.3 Å². The minimum absolute atomic E-state index is 0.528. The third-order valence-electron chi connectivity index (χ3n) is 4.24. The number of nitriles is 1. The van der Waals surface area contributed by atoms with Crippen molar-refractivity contribution < 1.29 is 5.11 Å². The van der Waals surface area contributed by atoms with Gasteiger partial charge in [0.1, 0.15) is 18.1 Å². The van der Waals surface area contributed by atoms with Crippen molar-refractivity contribution in [2.24, 2.45) is 5.10 Å². The number of para-hydroxylation sites is 1. The summed E-state index contributed by atoms with van der Waals surface area (Å²) in [6, 6.07) is 9.80. The fourth-order valence-electron chi connectivity index (χ4n) is 3.18. The average Bonchev–Trinajstić information content (AvgIpc) is 2.61. The molecule has 1 heterocycles. The van der Waals surface area contributed by atoms with E-state index < -0.39 is 6.23 Å². The molecule has 6 nitrogen and oxygen atoms in total. The van der Waals surface area contributed by atoms with Gasteiger partial charge in [-0.05, 0) is 26.0 Å². The predicted molar refractivity (Wildman–Crippen MR) is 106 cm³/mol. The summed E-state index contributed by atoms with van der Waals surface area (Å²) >= 11 is 0. The van der Waals surface area contributed by atoms with E-state index in [9.17, 15) is 10.4 Å². The molecule has 0 saturated carbocycles. The Morgan fingerprint density at radius 1 is 1.42 bits per heavy atom. The monoisotopic (exact) mass is 353 g/mol. The fourth-order valence-corrected chi connectivity index (χ4v) is 3.18. The van der Waals surface area contributed by atoms with Crippen LogP contribution in [-0.4, -0.2) is 48.8 Å². The molecule has 1 atom stereocenters. The van der Waals surface area contributed by atoms with Crippen LogP contribution in [0.2, 0.25) is 0 Å². The van der Waals surface area contributed by atoms with E-state index in [-0.39, 0.29) is 0 Å². The van der Waals surface area contributed by atoms with E-state index in [4.69, 9.17) is 0 Å². The van der Waals surface area contributed by atoms with Crippen LogP contribution in [0.25, 0.3) is 0 Å². The molecule has 0 aliphatic carbocycles. The van der Waals surface area contributed by atoms with Gasteiger partial charge in [0.05, 0.1) is 17.8 Å².